The molecule has 1 rings (SSSR count). The lowest BCUT2D eigenvalue weighted by atomic mass is 9.90. The summed E-state index contributed by atoms with van der Waals surface area (Å²) in [5.74, 6) is 0. The van der Waals surface area contributed by atoms with Gasteiger partial charge < -0.3 is 25.1 Å². The van der Waals surface area contributed by atoms with Crippen molar-refractivity contribution in [2.75, 3.05) is 33.5 Å². The van der Waals surface area contributed by atoms with Crippen LogP contribution in [0.4, 0.5) is 0 Å². The highest BCUT2D eigenvalue weighted by Crippen LogP contribution is 2.21. The Morgan fingerprint density at radius 1 is 1.33 bits per heavy atom. The SMILES string of the molecule is COCCOCC(O)COC1CC(N)C1. The minimum absolute atomic E-state index is 0.230. The zero-order chi connectivity index (χ0) is 11.1. The van der Waals surface area contributed by atoms with E-state index in [1.54, 1.807) is 7.11 Å². The van der Waals surface area contributed by atoms with Crippen molar-refractivity contribution < 1.29 is 19.3 Å². The summed E-state index contributed by atoms with van der Waals surface area (Å²) >= 11 is 0. The van der Waals surface area contributed by atoms with E-state index in [-0.39, 0.29) is 12.1 Å². The molecular weight excluding hydrogens is 198 g/mol. The molecule has 90 valence electrons. The average molecular weight is 219 g/mol. The maximum atomic E-state index is 9.46. The van der Waals surface area contributed by atoms with Crippen molar-refractivity contribution in [3.8, 4) is 0 Å². The van der Waals surface area contributed by atoms with Gasteiger partial charge in [0.1, 0.15) is 6.10 Å². The second-order valence-electron chi connectivity index (χ2n) is 3.91. The van der Waals surface area contributed by atoms with Crippen molar-refractivity contribution in [1.29, 1.82) is 0 Å². The lowest BCUT2D eigenvalue weighted by Gasteiger charge is -2.32. The number of nitrogens with two attached hydrogens (primary N) is 1. The smallest absolute Gasteiger partial charge is 0.101 e. The van der Waals surface area contributed by atoms with Crippen molar-refractivity contribution in [2.24, 2.45) is 5.73 Å². The monoisotopic (exact) mass is 219 g/mol. The fourth-order valence-corrected chi connectivity index (χ4v) is 1.40. The zero-order valence-corrected chi connectivity index (χ0v) is 9.22. The van der Waals surface area contributed by atoms with E-state index >= 15 is 0 Å². The fraction of sp³-hybridized carbons (Fsp3) is 1.00. The van der Waals surface area contributed by atoms with Gasteiger partial charge in [0.25, 0.3) is 0 Å². The number of rotatable bonds is 8. The third-order valence-corrected chi connectivity index (χ3v) is 2.40. The topological polar surface area (TPSA) is 73.9 Å². The van der Waals surface area contributed by atoms with Gasteiger partial charge in [-0.1, -0.05) is 0 Å². The molecule has 0 aromatic heterocycles. The summed E-state index contributed by atoms with van der Waals surface area (Å²) in [6.45, 7) is 1.67. The number of ether oxygens (including phenoxy) is 3. The molecule has 0 spiro atoms. The lowest BCUT2D eigenvalue weighted by Crippen LogP contribution is -2.43. The average Bonchev–Trinajstić information content (AvgIpc) is 2.18. The summed E-state index contributed by atoms with van der Waals surface area (Å²) in [7, 11) is 1.61. The molecule has 1 atom stereocenters. The second-order valence-corrected chi connectivity index (χ2v) is 3.91. The molecule has 3 N–H and O–H groups in total. The highest BCUT2D eigenvalue weighted by atomic mass is 16.5. The van der Waals surface area contributed by atoms with E-state index in [2.05, 4.69) is 0 Å². The third-order valence-electron chi connectivity index (χ3n) is 2.40. The van der Waals surface area contributed by atoms with E-state index < -0.39 is 6.10 Å². The van der Waals surface area contributed by atoms with Crippen molar-refractivity contribution in [3.05, 3.63) is 0 Å². The van der Waals surface area contributed by atoms with Crippen molar-refractivity contribution in [3.63, 3.8) is 0 Å². The van der Waals surface area contributed by atoms with E-state index in [4.69, 9.17) is 19.9 Å². The van der Waals surface area contributed by atoms with Crippen LogP contribution in [-0.2, 0) is 14.2 Å². The Morgan fingerprint density at radius 2 is 2.07 bits per heavy atom. The van der Waals surface area contributed by atoms with Gasteiger partial charge in [-0.25, -0.2) is 0 Å². The first-order chi connectivity index (χ1) is 7.22. The molecular formula is C10H21NO4. The zero-order valence-electron chi connectivity index (χ0n) is 9.22. The van der Waals surface area contributed by atoms with Crippen LogP contribution >= 0.6 is 0 Å². The molecule has 1 fully saturated rings. The molecule has 0 aliphatic heterocycles. The van der Waals surface area contributed by atoms with Gasteiger partial charge >= 0.3 is 0 Å². The third kappa shape index (κ3) is 5.44. The van der Waals surface area contributed by atoms with Gasteiger partial charge in [0.05, 0.1) is 32.5 Å². The minimum Gasteiger partial charge on any atom is -0.388 e. The Morgan fingerprint density at radius 3 is 2.67 bits per heavy atom. The first-order valence-electron chi connectivity index (χ1n) is 5.34. The number of aliphatic hydroxyl groups excluding tert-OH is 1. The van der Waals surface area contributed by atoms with Crippen molar-refractivity contribution in [1.82, 2.24) is 0 Å². The Bertz CT molecular complexity index is 162. The Labute approximate surface area is 90.5 Å². The maximum absolute atomic E-state index is 9.46. The fourth-order valence-electron chi connectivity index (χ4n) is 1.40. The van der Waals surface area contributed by atoms with Gasteiger partial charge in [-0.2, -0.15) is 0 Å². The maximum Gasteiger partial charge on any atom is 0.101 e. The van der Waals surface area contributed by atoms with Crippen LogP contribution in [0.2, 0.25) is 0 Å². The van der Waals surface area contributed by atoms with Gasteiger partial charge in [0.2, 0.25) is 0 Å². The molecule has 0 bridgehead atoms. The molecule has 0 radical (unpaired) electrons. The van der Waals surface area contributed by atoms with E-state index in [0.29, 0.717) is 26.4 Å². The van der Waals surface area contributed by atoms with Crippen LogP contribution in [0.5, 0.6) is 0 Å². The molecule has 5 heteroatoms. The minimum atomic E-state index is -0.557. The molecule has 0 amide bonds. The second kappa shape index (κ2) is 7.14. The van der Waals surface area contributed by atoms with E-state index in [0.717, 1.165) is 12.8 Å². The van der Waals surface area contributed by atoms with Gasteiger partial charge in [0, 0.05) is 13.2 Å². The van der Waals surface area contributed by atoms with Crippen LogP contribution in [0.1, 0.15) is 12.8 Å². The molecule has 15 heavy (non-hydrogen) atoms. The molecule has 0 aromatic rings. The molecule has 0 heterocycles. The first-order valence-corrected chi connectivity index (χ1v) is 5.34. The van der Waals surface area contributed by atoms with Crippen LogP contribution in [0.15, 0.2) is 0 Å². The molecule has 0 saturated heterocycles. The first kappa shape index (κ1) is 12.9. The van der Waals surface area contributed by atoms with Gasteiger partial charge in [-0.05, 0) is 12.8 Å². The number of methoxy groups -OCH3 is 1. The highest BCUT2D eigenvalue weighted by molar-refractivity contribution is 4.83. The summed E-state index contributed by atoms with van der Waals surface area (Å²) in [5.41, 5.74) is 5.61. The van der Waals surface area contributed by atoms with E-state index in [1.807, 2.05) is 0 Å². The van der Waals surface area contributed by atoms with Crippen LogP contribution in [0.3, 0.4) is 0 Å². The van der Waals surface area contributed by atoms with Crippen LogP contribution in [-0.4, -0.2) is 56.9 Å². The molecule has 1 unspecified atom stereocenters. The highest BCUT2D eigenvalue weighted by Gasteiger charge is 2.26. The Balaban J connectivity index is 1.87. The van der Waals surface area contributed by atoms with Gasteiger partial charge in [0.15, 0.2) is 0 Å². The van der Waals surface area contributed by atoms with Crippen LogP contribution in [0.25, 0.3) is 0 Å². The predicted molar refractivity (Wildman–Crippen MR) is 55.7 cm³/mol. The summed E-state index contributed by atoms with van der Waals surface area (Å²) < 4.78 is 15.4. The largest absolute Gasteiger partial charge is 0.388 e. The summed E-state index contributed by atoms with van der Waals surface area (Å²) in [4.78, 5) is 0. The molecule has 1 saturated carbocycles. The van der Waals surface area contributed by atoms with Crippen LogP contribution in [0, 0.1) is 0 Å². The lowest BCUT2D eigenvalue weighted by molar-refractivity contribution is -0.0730. The Hall–Kier alpha value is -0.200. The standard InChI is InChI=1S/C10H21NO4/c1-13-2-3-14-6-9(12)7-15-10-4-8(11)5-10/h8-10,12H,2-7,11H2,1H3. The summed E-state index contributed by atoms with van der Waals surface area (Å²) in [6.07, 6.45) is 1.47. The number of hydrogen-bond acceptors (Lipinski definition) is 5. The Kier molecular flexibility index (Phi) is 6.12. The van der Waals surface area contributed by atoms with Gasteiger partial charge in [-0.15, -0.1) is 0 Å². The number of aliphatic hydroxyl groups is 1. The van der Waals surface area contributed by atoms with Crippen molar-refractivity contribution >= 4 is 0 Å². The van der Waals surface area contributed by atoms with Crippen LogP contribution < -0.4 is 5.73 Å². The predicted octanol–water partition coefficient (Wildman–Crippen LogP) is -0.483. The van der Waals surface area contributed by atoms with E-state index in [9.17, 15) is 5.11 Å². The molecule has 1 aliphatic rings. The number of hydrogen-bond donors (Lipinski definition) is 2. The quantitative estimate of drug-likeness (QED) is 0.539. The normalized spacial score (nSPS) is 27.4. The van der Waals surface area contributed by atoms with E-state index in [1.165, 1.54) is 0 Å². The molecule has 1 aliphatic carbocycles. The van der Waals surface area contributed by atoms with Crippen molar-refractivity contribution in [2.45, 2.75) is 31.1 Å². The molecule has 0 aromatic carbocycles. The molecule has 5 nitrogen and oxygen atoms in total. The summed E-state index contributed by atoms with van der Waals surface area (Å²) in [5, 5.41) is 9.46. The summed E-state index contributed by atoms with van der Waals surface area (Å²) in [6, 6.07) is 0.282. The van der Waals surface area contributed by atoms with Gasteiger partial charge in [-0.3, -0.25) is 0 Å².